The van der Waals surface area contributed by atoms with Crippen molar-refractivity contribution in [1.29, 1.82) is 0 Å². The van der Waals surface area contributed by atoms with Gasteiger partial charge in [-0.2, -0.15) is 15.0 Å². The molecule has 3 aliphatic rings. The molecule has 39 heavy (non-hydrogen) atoms. The summed E-state index contributed by atoms with van der Waals surface area (Å²) in [5, 5.41) is 22.5. The van der Waals surface area contributed by atoms with Crippen molar-refractivity contribution in [2.45, 2.75) is 173 Å². The van der Waals surface area contributed by atoms with Gasteiger partial charge in [0.25, 0.3) is 0 Å². The molecule has 0 bridgehead atoms. The minimum absolute atomic E-state index is 0.0349. The van der Waals surface area contributed by atoms with Gasteiger partial charge < -0.3 is 31.9 Å². The normalized spacial score (nSPS) is 28.0. The second-order valence-corrected chi connectivity index (χ2v) is 16.7. The van der Waals surface area contributed by atoms with Gasteiger partial charge >= 0.3 is 0 Å². The average molecular weight is 544 g/mol. The lowest BCUT2D eigenvalue weighted by molar-refractivity contribution is 0.170. The van der Waals surface area contributed by atoms with Gasteiger partial charge in [0, 0.05) is 51.4 Å². The van der Waals surface area contributed by atoms with Gasteiger partial charge in [-0.3, -0.25) is 0 Å². The van der Waals surface area contributed by atoms with Crippen LogP contribution in [0.15, 0.2) is 0 Å². The van der Waals surface area contributed by atoms with E-state index in [4.69, 9.17) is 15.0 Å². The summed E-state index contributed by atoms with van der Waals surface area (Å²) < 4.78 is 0. The molecule has 0 unspecified atom stereocenters. The Kier molecular flexibility index (Phi) is 7.74. The van der Waals surface area contributed by atoms with E-state index in [1.54, 1.807) is 0 Å². The van der Waals surface area contributed by atoms with Gasteiger partial charge in [0.1, 0.15) is 0 Å². The lowest BCUT2D eigenvalue weighted by atomic mass is 9.79. The van der Waals surface area contributed by atoms with Crippen LogP contribution in [-0.4, -0.2) is 66.3 Å². The predicted molar refractivity (Wildman–Crippen MR) is 164 cm³/mol. The molecule has 0 aliphatic carbocycles. The number of nitrogens with one attached hydrogen (secondary N) is 6. The Morgan fingerprint density at radius 2 is 0.590 bits per heavy atom. The van der Waals surface area contributed by atoms with Crippen molar-refractivity contribution < 1.29 is 0 Å². The fourth-order valence-electron chi connectivity index (χ4n) is 8.39. The van der Waals surface area contributed by atoms with Gasteiger partial charge in [-0.15, -0.1) is 0 Å². The molecule has 9 nitrogen and oxygen atoms in total. The zero-order chi connectivity index (χ0) is 29.1. The monoisotopic (exact) mass is 543 g/mol. The van der Waals surface area contributed by atoms with Gasteiger partial charge in [-0.1, -0.05) is 0 Å². The number of anilines is 3. The first kappa shape index (κ1) is 30.3. The molecule has 1 aromatic rings. The maximum Gasteiger partial charge on any atom is 0.229 e. The van der Waals surface area contributed by atoms with E-state index in [2.05, 4.69) is 115 Å². The van der Waals surface area contributed by atoms with E-state index in [1.165, 1.54) is 0 Å². The molecule has 0 amide bonds. The highest BCUT2D eigenvalue weighted by atomic mass is 15.3. The molecule has 0 saturated carbocycles. The summed E-state index contributed by atoms with van der Waals surface area (Å²) in [4.78, 5) is 14.8. The fraction of sp³-hybridized carbons (Fsp3) is 0.900. The standard InChI is InChI=1S/C30H57N9/c1-25(2)13-19(14-26(3,4)37-25)31-22-34-23(32-20-15-27(5,6)38-28(7,8)16-20)36-24(35-22)33-21-17-29(9,10)39-30(11,12)18-21/h19-21,37-39H,13-18H2,1-12H3,(H3,31,32,33,34,35,36). The summed E-state index contributed by atoms with van der Waals surface area (Å²) in [7, 11) is 0. The van der Waals surface area contributed by atoms with Gasteiger partial charge in [0.15, 0.2) is 0 Å². The van der Waals surface area contributed by atoms with E-state index in [0.717, 1.165) is 38.5 Å². The van der Waals surface area contributed by atoms with Crippen LogP contribution in [0.1, 0.15) is 122 Å². The minimum Gasteiger partial charge on any atom is -0.351 e. The van der Waals surface area contributed by atoms with E-state index in [1.807, 2.05) is 0 Å². The smallest absolute Gasteiger partial charge is 0.229 e. The zero-order valence-corrected chi connectivity index (χ0v) is 26.8. The quantitative estimate of drug-likeness (QED) is 0.294. The molecule has 9 heteroatoms. The number of hydrogen-bond donors (Lipinski definition) is 6. The molecular formula is C30H57N9. The second kappa shape index (κ2) is 9.98. The summed E-state index contributed by atoms with van der Waals surface area (Å²) in [5.74, 6) is 1.94. The summed E-state index contributed by atoms with van der Waals surface area (Å²) in [6.07, 6.45) is 6.01. The number of piperidine rings is 3. The molecule has 4 rings (SSSR count). The molecule has 0 spiro atoms. The third kappa shape index (κ3) is 8.64. The van der Waals surface area contributed by atoms with Crippen molar-refractivity contribution >= 4 is 17.8 Å². The van der Waals surface area contributed by atoms with Crippen molar-refractivity contribution in [2.24, 2.45) is 0 Å². The summed E-state index contributed by atoms with van der Waals surface area (Å²) >= 11 is 0. The molecule has 3 fully saturated rings. The first-order valence-electron chi connectivity index (χ1n) is 15.0. The van der Waals surface area contributed by atoms with Crippen LogP contribution in [0.5, 0.6) is 0 Å². The number of nitrogens with zero attached hydrogens (tertiary/aromatic N) is 3. The van der Waals surface area contributed by atoms with E-state index < -0.39 is 0 Å². The molecule has 3 saturated heterocycles. The van der Waals surface area contributed by atoms with Crippen LogP contribution in [-0.2, 0) is 0 Å². The van der Waals surface area contributed by atoms with Gasteiger partial charge in [0.2, 0.25) is 17.8 Å². The number of aromatic nitrogens is 3. The van der Waals surface area contributed by atoms with Crippen molar-refractivity contribution in [3.63, 3.8) is 0 Å². The van der Waals surface area contributed by atoms with Crippen LogP contribution in [0.4, 0.5) is 17.8 Å². The Bertz CT molecular complexity index is 838. The highest BCUT2D eigenvalue weighted by Gasteiger charge is 2.40. The maximum absolute atomic E-state index is 4.93. The molecule has 0 atom stereocenters. The molecular weight excluding hydrogens is 486 g/mol. The third-order valence-corrected chi connectivity index (χ3v) is 8.21. The Hall–Kier alpha value is -1.71. The zero-order valence-electron chi connectivity index (χ0n) is 26.8. The van der Waals surface area contributed by atoms with E-state index in [0.29, 0.717) is 17.8 Å². The van der Waals surface area contributed by atoms with E-state index in [9.17, 15) is 0 Å². The van der Waals surface area contributed by atoms with Gasteiger partial charge in [-0.25, -0.2) is 0 Å². The van der Waals surface area contributed by atoms with Crippen molar-refractivity contribution in [3.05, 3.63) is 0 Å². The predicted octanol–water partition coefficient (Wildman–Crippen LogP) is 5.03. The molecule has 0 aromatic carbocycles. The molecule has 6 N–H and O–H groups in total. The molecule has 222 valence electrons. The largest absolute Gasteiger partial charge is 0.351 e. The first-order valence-corrected chi connectivity index (χ1v) is 15.0. The first-order chi connectivity index (χ1) is 17.6. The van der Waals surface area contributed by atoms with Crippen LogP contribution < -0.4 is 31.9 Å². The van der Waals surface area contributed by atoms with E-state index >= 15 is 0 Å². The van der Waals surface area contributed by atoms with Crippen molar-refractivity contribution in [2.75, 3.05) is 16.0 Å². The highest BCUT2D eigenvalue weighted by molar-refractivity contribution is 5.44. The van der Waals surface area contributed by atoms with Crippen molar-refractivity contribution in [1.82, 2.24) is 30.9 Å². The molecule has 3 aliphatic heterocycles. The molecule has 4 heterocycles. The number of hydrogen-bond acceptors (Lipinski definition) is 9. The van der Waals surface area contributed by atoms with Gasteiger partial charge in [0.05, 0.1) is 0 Å². The van der Waals surface area contributed by atoms with E-state index in [-0.39, 0.29) is 51.4 Å². The Balaban J connectivity index is 1.60. The summed E-state index contributed by atoms with van der Waals surface area (Å²) in [5.41, 5.74) is 0.209. The lowest BCUT2D eigenvalue weighted by Crippen LogP contribution is -2.60. The third-order valence-electron chi connectivity index (χ3n) is 8.21. The van der Waals surface area contributed by atoms with Crippen LogP contribution >= 0.6 is 0 Å². The number of rotatable bonds is 6. The van der Waals surface area contributed by atoms with Crippen molar-refractivity contribution in [3.8, 4) is 0 Å². The van der Waals surface area contributed by atoms with Crippen LogP contribution in [0.3, 0.4) is 0 Å². The average Bonchev–Trinajstić information content (AvgIpc) is 2.59. The summed E-state index contributed by atoms with van der Waals surface area (Å²) in [6.45, 7) is 27.3. The molecule has 0 radical (unpaired) electrons. The Morgan fingerprint density at radius 3 is 0.769 bits per heavy atom. The maximum atomic E-state index is 4.93. The van der Waals surface area contributed by atoms with Gasteiger partial charge in [-0.05, 0) is 122 Å². The SMILES string of the molecule is CC1(C)CC(Nc2nc(NC3CC(C)(C)NC(C)(C)C3)nc(NC3CC(C)(C)NC(C)(C)C3)n2)CC(C)(C)N1. The Morgan fingerprint density at radius 1 is 0.410 bits per heavy atom. The topological polar surface area (TPSA) is 111 Å². The minimum atomic E-state index is 0.0349. The summed E-state index contributed by atoms with van der Waals surface area (Å²) in [6, 6.07) is 0.813. The second-order valence-electron chi connectivity index (χ2n) is 16.7. The van der Waals surface area contributed by atoms with Crippen LogP contribution in [0.25, 0.3) is 0 Å². The fourth-order valence-corrected chi connectivity index (χ4v) is 8.39. The lowest BCUT2D eigenvalue weighted by Gasteiger charge is -2.47. The van der Waals surface area contributed by atoms with Crippen LogP contribution in [0.2, 0.25) is 0 Å². The Labute approximate surface area is 237 Å². The molecule has 1 aromatic heterocycles. The highest BCUT2D eigenvalue weighted by Crippen LogP contribution is 2.33. The van der Waals surface area contributed by atoms with Crippen LogP contribution in [0, 0.1) is 0 Å².